The molecule has 6 fully saturated rings. The summed E-state index contributed by atoms with van der Waals surface area (Å²) in [5.41, 5.74) is -2.36. The van der Waals surface area contributed by atoms with E-state index >= 15 is 0 Å². The SMILES string of the molecule is CO[C@@H]1[C@@H](O)[C@@H](C)O[C@H]2O[C@@H]3C[C@H]4CC[C@@H]5[C@H](C(=O)[C@H](O)[C@]6(C)[C@@H](C7=CC(=O)OC7)CC[C@]56O)[C@@]4(C)C[C@H]3O[C@]21O. The molecule has 0 aromatic heterocycles. The number of carbonyl (C=O) groups excluding carboxylic acids is 2. The van der Waals surface area contributed by atoms with E-state index in [1.165, 1.54) is 13.2 Å². The van der Waals surface area contributed by atoms with Crippen LogP contribution in [0.2, 0.25) is 0 Å². The fourth-order valence-corrected chi connectivity index (χ4v) is 10.4. The summed E-state index contributed by atoms with van der Waals surface area (Å²) in [6.45, 7) is 5.65. The molecule has 7 rings (SSSR count). The Hall–Kier alpha value is -1.44. The molecule has 41 heavy (non-hydrogen) atoms. The second kappa shape index (κ2) is 9.04. The zero-order chi connectivity index (χ0) is 29.3. The molecule has 0 spiro atoms. The summed E-state index contributed by atoms with van der Waals surface area (Å²) < 4.78 is 29.0. The van der Waals surface area contributed by atoms with Gasteiger partial charge in [0.1, 0.15) is 24.9 Å². The molecule has 228 valence electrons. The van der Waals surface area contributed by atoms with Gasteiger partial charge in [-0.3, -0.25) is 4.79 Å². The number of rotatable bonds is 2. The van der Waals surface area contributed by atoms with Gasteiger partial charge >= 0.3 is 5.97 Å². The first-order valence-corrected chi connectivity index (χ1v) is 15.0. The molecule has 0 amide bonds. The minimum atomic E-state index is -2.04. The molecule has 4 N–H and O–H groups in total. The van der Waals surface area contributed by atoms with Gasteiger partial charge in [0.05, 0.1) is 23.9 Å². The molecule has 2 saturated heterocycles. The summed E-state index contributed by atoms with van der Waals surface area (Å²) in [6.07, 6.45) is -1.67. The molecule has 0 bridgehead atoms. The third-order valence-electron chi connectivity index (χ3n) is 12.6. The Balaban J connectivity index is 1.21. The van der Waals surface area contributed by atoms with Crippen molar-refractivity contribution in [1.29, 1.82) is 0 Å². The molecular weight excluding hydrogens is 536 g/mol. The summed E-state index contributed by atoms with van der Waals surface area (Å²) in [6, 6.07) is 0. The first-order valence-electron chi connectivity index (χ1n) is 15.0. The third kappa shape index (κ3) is 3.49. The fraction of sp³-hybridized carbons (Fsp3) is 0.867. The lowest BCUT2D eigenvalue weighted by molar-refractivity contribution is -0.470. The van der Waals surface area contributed by atoms with Crippen LogP contribution in [0.5, 0.6) is 0 Å². The molecule has 15 atom stereocenters. The number of aliphatic hydroxyl groups is 4. The average Bonchev–Trinajstić information content (AvgIpc) is 3.46. The molecule has 4 saturated carbocycles. The van der Waals surface area contributed by atoms with Gasteiger partial charge in [0, 0.05) is 24.5 Å². The predicted octanol–water partition coefficient (Wildman–Crippen LogP) is 0.596. The van der Waals surface area contributed by atoms with Crippen LogP contribution >= 0.6 is 0 Å². The Bertz CT molecular complexity index is 1170. The third-order valence-corrected chi connectivity index (χ3v) is 12.6. The molecule has 0 aromatic carbocycles. The van der Waals surface area contributed by atoms with E-state index < -0.39 is 77.0 Å². The Labute approximate surface area is 239 Å². The average molecular weight is 579 g/mol. The Kier molecular flexibility index (Phi) is 6.25. The van der Waals surface area contributed by atoms with Crippen LogP contribution in [0.4, 0.5) is 0 Å². The second-order valence-corrected chi connectivity index (χ2v) is 14.1. The monoisotopic (exact) mass is 578 g/mol. The molecule has 3 aliphatic heterocycles. The molecule has 0 radical (unpaired) electrons. The van der Waals surface area contributed by atoms with Gasteiger partial charge < -0.3 is 44.1 Å². The van der Waals surface area contributed by atoms with Gasteiger partial charge in [-0.25, -0.2) is 4.79 Å². The molecule has 11 heteroatoms. The highest BCUT2D eigenvalue weighted by Crippen LogP contribution is 2.69. The van der Waals surface area contributed by atoms with E-state index in [0.29, 0.717) is 32.1 Å². The summed E-state index contributed by atoms with van der Waals surface area (Å²) in [4.78, 5) is 26.2. The van der Waals surface area contributed by atoms with Gasteiger partial charge in [0.2, 0.25) is 12.1 Å². The van der Waals surface area contributed by atoms with Crippen molar-refractivity contribution < 1.29 is 53.7 Å². The molecule has 3 heterocycles. The lowest BCUT2D eigenvalue weighted by Gasteiger charge is -2.65. The number of ketones is 1. The Morgan fingerprint density at radius 2 is 1.80 bits per heavy atom. The number of Topliss-reactive ketones (excluding diaryl/α,β-unsaturated/α-hetero) is 1. The quantitative estimate of drug-likeness (QED) is 0.268. The van der Waals surface area contributed by atoms with Crippen molar-refractivity contribution in [2.24, 2.45) is 34.5 Å². The number of methoxy groups -OCH3 is 1. The van der Waals surface area contributed by atoms with Gasteiger partial charge in [-0.05, 0) is 74.2 Å². The number of aliphatic hydroxyl groups excluding tert-OH is 2. The summed E-state index contributed by atoms with van der Waals surface area (Å²) >= 11 is 0. The van der Waals surface area contributed by atoms with Crippen LogP contribution in [-0.2, 0) is 33.3 Å². The van der Waals surface area contributed by atoms with Crippen molar-refractivity contribution >= 4 is 11.8 Å². The van der Waals surface area contributed by atoms with E-state index in [4.69, 9.17) is 23.7 Å². The minimum absolute atomic E-state index is 0.0643. The standard InChI is InChI=1S/C30H42O11/c1-13-22(32)25(37-4)30(36)26(39-13)40-18-10-15-5-6-17-21(27(15,2)11-19(18)41-30)23(33)24(34)28(3)16(7-8-29(17,28)35)14-9-20(31)38-12-14/h9,13,15-19,21-22,24-26,32,34-36H,5-8,10-12H2,1-4H3/t13-,15-,16-,17-,18-,19-,21-,22+,24+,25-,26+,27+,28+,29+,30+/m1/s1. The Morgan fingerprint density at radius 3 is 2.49 bits per heavy atom. The first kappa shape index (κ1) is 28.3. The zero-order valence-corrected chi connectivity index (χ0v) is 24.0. The maximum atomic E-state index is 14.3. The van der Waals surface area contributed by atoms with E-state index in [1.54, 1.807) is 13.8 Å². The van der Waals surface area contributed by atoms with Gasteiger partial charge in [-0.1, -0.05) is 13.8 Å². The summed E-state index contributed by atoms with van der Waals surface area (Å²) in [5.74, 6) is -4.03. The number of ether oxygens (including phenoxy) is 5. The number of carbonyl (C=O) groups is 2. The highest BCUT2D eigenvalue weighted by molar-refractivity contribution is 5.90. The fourth-order valence-electron chi connectivity index (χ4n) is 10.4. The van der Waals surface area contributed by atoms with Gasteiger partial charge in [0.25, 0.3) is 0 Å². The van der Waals surface area contributed by atoms with Crippen LogP contribution in [0.25, 0.3) is 0 Å². The summed E-state index contributed by atoms with van der Waals surface area (Å²) in [7, 11) is 1.39. The highest BCUT2D eigenvalue weighted by Gasteiger charge is 2.75. The summed E-state index contributed by atoms with van der Waals surface area (Å²) in [5, 5.41) is 46.5. The second-order valence-electron chi connectivity index (χ2n) is 14.1. The topological polar surface area (TPSA) is 161 Å². The van der Waals surface area contributed by atoms with Crippen molar-refractivity contribution in [1.82, 2.24) is 0 Å². The number of hydrogen-bond donors (Lipinski definition) is 4. The maximum absolute atomic E-state index is 14.3. The lowest BCUT2D eigenvalue weighted by Crippen LogP contribution is -2.75. The van der Waals surface area contributed by atoms with E-state index in [0.717, 1.165) is 12.0 Å². The van der Waals surface area contributed by atoms with Crippen molar-refractivity contribution in [2.45, 2.75) is 114 Å². The normalized spacial score (nSPS) is 58.0. The predicted molar refractivity (Wildman–Crippen MR) is 139 cm³/mol. The van der Waals surface area contributed by atoms with E-state index in [-0.39, 0.29) is 30.1 Å². The molecule has 11 nitrogen and oxygen atoms in total. The van der Waals surface area contributed by atoms with Gasteiger partial charge in [-0.2, -0.15) is 0 Å². The minimum Gasteiger partial charge on any atom is -0.458 e. The number of hydrogen-bond acceptors (Lipinski definition) is 11. The lowest BCUT2D eigenvalue weighted by atomic mass is 9.42. The number of cyclic esters (lactones) is 1. The van der Waals surface area contributed by atoms with Crippen LogP contribution in [0.3, 0.4) is 0 Å². The van der Waals surface area contributed by atoms with Crippen LogP contribution in [-0.4, -0.2) is 100 Å². The van der Waals surface area contributed by atoms with Gasteiger partial charge in [0.15, 0.2) is 5.78 Å². The van der Waals surface area contributed by atoms with E-state index in [9.17, 15) is 30.0 Å². The van der Waals surface area contributed by atoms with E-state index in [2.05, 4.69) is 0 Å². The highest BCUT2D eigenvalue weighted by atomic mass is 16.8. The Morgan fingerprint density at radius 1 is 1.05 bits per heavy atom. The van der Waals surface area contributed by atoms with Crippen LogP contribution in [0.1, 0.15) is 59.3 Å². The molecular formula is C30H42O11. The maximum Gasteiger partial charge on any atom is 0.331 e. The van der Waals surface area contributed by atoms with Crippen molar-refractivity contribution in [3.8, 4) is 0 Å². The molecule has 7 aliphatic rings. The van der Waals surface area contributed by atoms with Crippen molar-refractivity contribution in [3.63, 3.8) is 0 Å². The van der Waals surface area contributed by atoms with Crippen LogP contribution in [0, 0.1) is 34.5 Å². The largest absolute Gasteiger partial charge is 0.458 e. The van der Waals surface area contributed by atoms with Crippen molar-refractivity contribution in [3.05, 3.63) is 11.6 Å². The number of esters is 1. The van der Waals surface area contributed by atoms with E-state index in [1.807, 2.05) is 6.92 Å². The van der Waals surface area contributed by atoms with Crippen LogP contribution in [0.15, 0.2) is 11.6 Å². The molecule has 4 aliphatic carbocycles. The number of fused-ring (bicyclic) bond motifs is 7. The molecule has 0 aromatic rings. The molecule has 0 unspecified atom stereocenters. The smallest absolute Gasteiger partial charge is 0.331 e. The van der Waals surface area contributed by atoms with Crippen molar-refractivity contribution in [2.75, 3.05) is 13.7 Å². The zero-order valence-electron chi connectivity index (χ0n) is 24.0. The van der Waals surface area contributed by atoms with Crippen LogP contribution < -0.4 is 0 Å². The first-order chi connectivity index (χ1) is 19.3. The van der Waals surface area contributed by atoms with Gasteiger partial charge in [-0.15, -0.1) is 0 Å².